The van der Waals surface area contributed by atoms with E-state index in [2.05, 4.69) is 15.6 Å². The smallest absolute Gasteiger partial charge is 0.338 e. The lowest BCUT2D eigenvalue weighted by atomic mass is 10.1. The van der Waals surface area contributed by atoms with Crippen molar-refractivity contribution in [1.82, 2.24) is 9.38 Å². The average molecular weight is 505 g/mol. The standard InChI is InChI=1S/C26H24N4O5S/c1-5-35-25(34)17-9-11-18(12-10-17)28-24(33)22-21(30-20(31)13-15(3)27-26(30)36-22)23(32)29-19-8-6-7-14(2)16(19)4/h6-13H,5H2,1-4H3,(H,28,33)(H,29,32). The average Bonchev–Trinajstić information content (AvgIpc) is 3.22. The third kappa shape index (κ3) is 4.89. The first-order valence-electron chi connectivity index (χ1n) is 11.2. The van der Waals surface area contributed by atoms with Gasteiger partial charge in [0, 0.05) is 23.1 Å². The van der Waals surface area contributed by atoms with E-state index in [1.54, 1.807) is 32.0 Å². The molecule has 36 heavy (non-hydrogen) atoms. The van der Waals surface area contributed by atoms with Gasteiger partial charge in [0.1, 0.15) is 10.6 Å². The molecule has 0 unspecified atom stereocenters. The molecule has 2 amide bonds. The molecule has 0 atom stereocenters. The molecule has 2 heterocycles. The minimum atomic E-state index is -0.606. The Hall–Kier alpha value is -4.31. The molecular formula is C26H24N4O5S. The predicted octanol–water partition coefficient (Wildman–Crippen LogP) is 4.36. The van der Waals surface area contributed by atoms with Gasteiger partial charge in [-0.1, -0.05) is 23.5 Å². The number of carbonyl (C=O) groups excluding carboxylic acids is 3. The molecule has 2 aromatic carbocycles. The van der Waals surface area contributed by atoms with Crippen LogP contribution in [0.25, 0.3) is 4.96 Å². The van der Waals surface area contributed by atoms with Crippen LogP contribution in [0.2, 0.25) is 0 Å². The number of hydrogen-bond acceptors (Lipinski definition) is 7. The maximum atomic E-state index is 13.4. The molecule has 184 valence electrons. The molecule has 2 N–H and O–H groups in total. The maximum Gasteiger partial charge on any atom is 0.338 e. The molecule has 0 spiro atoms. The van der Waals surface area contributed by atoms with E-state index in [4.69, 9.17) is 4.74 Å². The summed E-state index contributed by atoms with van der Waals surface area (Å²) in [5.41, 5.74) is 3.10. The summed E-state index contributed by atoms with van der Waals surface area (Å²) in [6.45, 7) is 7.44. The lowest BCUT2D eigenvalue weighted by Crippen LogP contribution is -2.25. The van der Waals surface area contributed by atoms with E-state index < -0.39 is 23.3 Å². The molecule has 9 nitrogen and oxygen atoms in total. The van der Waals surface area contributed by atoms with E-state index in [1.165, 1.54) is 18.2 Å². The molecule has 4 aromatic rings. The first-order chi connectivity index (χ1) is 17.2. The largest absolute Gasteiger partial charge is 0.462 e. The number of aryl methyl sites for hydroxylation is 2. The molecular weight excluding hydrogens is 480 g/mol. The number of nitrogens with one attached hydrogen (secondary N) is 2. The van der Waals surface area contributed by atoms with Crippen LogP contribution in [-0.2, 0) is 4.74 Å². The van der Waals surface area contributed by atoms with Crippen LogP contribution in [0.3, 0.4) is 0 Å². The zero-order chi connectivity index (χ0) is 26.0. The normalized spacial score (nSPS) is 10.8. The van der Waals surface area contributed by atoms with Gasteiger partial charge in [-0.15, -0.1) is 0 Å². The number of fused-ring (bicyclic) bond motifs is 1. The number of rotatable bonds is 6. The number of anilines is 2. The molecule has 0 saturated carbocycles. The second kappa shape index (κ2) is 10.1. The topological polar surface area (TPSA) is 119 Å². The minimum absolute atomic E-state index is 0.0301. The van der Waals surface area contributed by atoms with Crippen LogP contribution in [0.1, 0.15) is 54.3 Å². The number of aromatic nitrogens is 2. The summed E-state index contributed by atoms with van der Waals surface area (Å²) in [5.74, 6) is -1.66. The number of esters is 1. The SMILES string of the molecule is CCOC(=O)c1ccc(NC(=O)c2sc3nc(C)cc(=O)n3c2C(=O)Nc2cccc(C)c2C)cc1. The van der Waals surface area contributed by atoms with E-state index in [0.29, 0.717) is 22.6 Å². The maximum absolute atomic E-state index is 13.4. The quantitative estimate of drug-likeness (QED) is 0.377. The Bertz CT molecular complexity index is 1550. The van der Waals surface area contributed by atoms with Crippen LogP contribution in [0, 0.1) is 20.8 Å². The van der Waals surface area contributed by atoms with E-state index in [0.717, 1.165) is 26.9 Å². The molecule has 0 bridgehead atoms. The monoisotopic (exact) mass is 504 g/mol. The van der Waals surface area contributed by atoms with Gasteiger partial charge in [0.05, 0.1) is 12.2 Å². The predicted molar refractivity (Wildman–Crippen MR) is 138 cm³/mol. The number of nitrogens with zero attached hydrogens (tertiary/aromatic N) is 2. The fourth-order valence-electron chi connectivity index (χ4n) is 3.60. The van der Waals surface area contributed by atoms with Crippen molar-refractivity contribution >= 4 is 45.5 Å². The second-order valence-corrected chi connectivity index (χ2v) is 9.06. The highest BCUT2D eigenvalue weighted by Gasteiger charge is 2.26. The summed E-state index contributed by atoms with van der Waals surface area (Å²) in [7, 11) is 0. The molecule has 0 aliphatic carbocycles. The number of hydrogen-bond donors (Lipinski definition) is 2. The minimum Gasteiger partial charge on any atom is -0.462 e. The molecule has 4 rings (SSSR count). The fraction of sp³-hybridized carbons (Fsp3) is 0.192. The van der Waals surface area contributed by atoms with Gasteiger partial charge in [0.15, 0.2) is 4.96 Å². The number of ether oxygens (including phenoxy) is 1. The lowest BCUT2D eigenvalue weighted by Gasteiger charge is -2.11. The highest BCUT2D eigenvalue weighted by Crippen LogP contribution is 2.25. The first-order valence-corrected chi connectivity index (χ1v) is 12.0. The van der Waals surface area contributed by atoms with Crippen molar-refractivity contribution in [2.24, 2.45) is 0 Å². The summed E-state index contributed by atoms with van der Waals surface area (Å²) >= 11 is 0.945. The van der Waals surface area contributed by atoms with E-state index in [9.17, 15) is 19.2 Å². The lowest BCUT2D eigenvalue weighted by molar-refractivity contribution is 0.0526. The van der Waals surface area contributed by atoms with Gasteiger partial charge in [-0.2, -0.15) is 0 Å². The van der Waals surface area contributed by atoms with Crippen molar-refractivity contribution in [2.45, 2.75) is 27.7 Å². The second-order valence-electron chi connectivity index (χ2n) is 8.09. The molecule has 0 fully saturated rings. The van der Waals surface area contributed by atoms with E-state index in [1.807, 2.05) is 26.0 Å². The third-order valence-corrected chi connectivity index (χ3v) is 6.62. The van der Waals surface area contributed by atoms with Gasteiger partial charge in [-0.3, -0.25) is 14.4 Å². The van der Waals surface area contributed by atoms with Crippen molar-refractivity contribution in [3.8, 4) is 0 Å². The van der Waals surface area contributed by atoms with Crippen LogP contribution < -0.4 is 16.2 Å². The summed E-state index contributed by atoms with van der Waals surface area (Å²) in [6.07, 6.45) is 0. The highest BCUT2D eigenvalue weighted by atomic mass is 32.1. The van der Waals surface area contributed by atoms with Crippen LogP contribution >= 0.6 is 11.3 Å². The van der Waals surface area contributed by atoms with Crippen LogP contribution in [0.4, 0.5) is 11.4 Å². The highest BCUT2D eigenvalue weighted by molar-refractivity contribution is 7.19. The Morgan fingerprint density at radius 3 is 2.42 bits per heavy atom. The molecule has 0 aliphatic rings. The Labute approximate surface area is 210 Å². The first kappa shape index (κ1) is 24.8. The van der Waals surface area contributed by atoms with Crippen molar-refractivity contribution in [2.75, 3.05) is 17.2 Å². The summed E-state index contributed by atoms with van der Waals surface area (Å²) in [5, 5.41) is 5.55. The number of carbonyl (C=O) groups is 3. The van der Waals surface area contributed by atoms with Crippen molar-refractivity contribution < 1.29 is 19.1 Å². The van der Waals surface area contributed by atoms with Gasteiger partial charge in [-0.25, -0.2) is 14.2 Å². The molecule has 0 aliphatic heterocycles. The number of thiazole rings is 1. The van der Waals surface area contributed by atoms with Crippen molar-refractivity contribution in [3.05, 3.63) is 91.8 Å². The zero-order valence-electron chi connectivity index (χ0n) is 20.2. The third-order valence-electron chi connectivity index (χ3n) is 5.58. The summed E-state index contributed by atoms with van der Waals surface area (Å²) in [4.78, 5) is 56.0. The molecule has 0 radical (unpaired) electrons. The van der Waals surface area contributed by atoms with Crippen molar-refractivity contribution in [1.29, 1.82) is 0 Å². The zero-order valence-corrected chi connectivity index (χ0v) is 21.0. The number of amides is 2. The van der Waals surface area contributed by atoms with Crippen molar-refractivity contribution in [3.63, 3.8) is 0 Å². The Morgan fingerprint density at radius 1 is 1.00 bits per heavy atom. The summed E-state index contributed by atoms with van der Waals surface area (Å²) < 4.78 is 6.12. The van der Waals surface area contributed by atoms with Gasteiger partial charge in [0.2, 0.25) is 0 Å². The van der Waals surface area contributed by atoms with Gasteiger partial charge in [0.25, 0.3) is 17.4 Å². The van der Waals surface area contributed by atoms with Crippen LogP contribution in [-0.4, -0.2) is 33.8 Å². The molecule has 10 heteroatoms. The van der Waals surface area contributed by atoms with Gasteiger partial charge in [-0.05, 0) is 69.2 Å². The Balaban J connectivity index is 1.72. The molecule has 0 saturated heterocycles. The Morgan fingerprint density at radius 2 is 1.72 bits per heavy atom. The van der Waals surface area contributed by atoms with Gasteiger partial charge < -0.3 is 15.4 Å². The van der Waals surface area contributed by atoms with Crippen LogP contribution in [0.5, 0.6) is 0 Å². The Kier molecular flexibility index (Phi) is 6.98. The molecule has 2 aromatic heterocycles. The van der Waals surface area contributed by atoms with E-state index >= 15 is 0 Å². The van der Waals surface area contributed by atoms with E-state index in [-0.39, 0.29) is 22.1 Å². The van der Waals surface area contributed by atoms with Crippen LogP contribution in [0.15, 0.2) is 53.3 Å². The van der Waals surface area contributed by atoms with Gasteiger partial charge >= 0.3 is 5.97 Å². The number of benzene rings is 2. The fourth-order valence-corrected chi connectivity index (χ4v) is 4.67. The summed E-state index contributed by atoms with van der Waals surface area (Å²) in [6, 6.07) is 13.0.